The van der Waals surface area contributed by atoms with Crippen molar-refractivity contribution in [1.29, 1.82) is 0 Å². The normalized spacial score (nSPS) is 11.6. The maximum Gasteiger partial charge on any atom is 0.0702 e. The van der Waals surface area contributed by atoms with Crippen molar-refractivity contribution in [3.8, 4) is 0 Å². The van der Waals surface area contributed by atoms with Gasteiger partial charge in [0, 0.05) is 0 Å². The number of aliphatic hydroxyl groups excluding tert-OH is 1. The maximum absolute atomic E-state index is 8.76. The molecule has 20 heavy (non-hydrogen) atoms. The lowest BCUT2D eigenvalue weighted by Gasteiger charge is -2.10. The Bertz CT molecular complexity index is 559. The first-order chi connectivity index (χ1) is 9.81. The predicted molar refractivity (Wildman–Crippen MR) is 82.6 cm³/mol. The molecular formula is C18H20O2. The number of aryl methyl sites for hydroxylation is 1. The predicted octanol–water partition coefficient (Wildman–Crippen LogP) is 3.44. The van der Waals surface area contributed by atoms with E-state index in [0.717, 1.165) is 5.57 Å². The van der Waals surface area contributed by atoms with Crippen LogP contribution in [-0.2, 0) is 4.74 Å². The molecule has 2 rings (SSSR count). The van der Waals surface area contributed by atoms with Gasteiger partial charge >= 0.3 is 0 Å². The van der Waals surface area contributed by atoms with E-state index in [9.17, 15) is 0 Å². The molecule has 0 fully saturated rings. The molecule has 0 saturated carbocycles. The molecule has 0 aliphatic carbocycles. The van der Waals surface area contributed by atoms with E-state index in [2.05, 4.69) is 49.4 Å². The van der Waals surface area contributed by atoms with Crippen LogP contribution in [0.5, 0.6) is 0 Å². The lowest BCUT2D eigenvalue weighted by molar-refractivity contribution is 0.112. The fourth-order valence-electron chi connectivity index (χ4n) is 2.12. The van der Waals surface area contributed by atoms with Gasteiger partial charge in [-0.15, -0.1) is 0 Å². The molecule has 0 heterocycles. The van der Waals surface area contributed by atoms with Gasteiger partial charge in [0.15, 0.2) is 0 Å². The van der Waals surface area contributed by atoms with Crippen molar-refractivity contribution in [1.82, 2.24) is 0 Å². The largest absolute Gasteiger partial charge is 0.394 e. The van der Waals surface area contributed by atoms with Crippen molar-refractivity contribution in [3.63, 3.8) is 0 Å². The van der Waals surface area contributed by atoms with Crippen molar-refractivity contribution in [3.05, 3.63) is 77.4 Å². The number of benzene rings is 2. The molecule has 0 amide bonds. The first kappa shape index (κ1) is 14.5. The van der Waals surface area contributed by atoms with Gasteiger partial charge in [0.2, 0.25) is 0 Å². The smallest absolute Gasteiger partial charge is 0.0702 e. The van der Waals surface area contributed by atoms with Crippen LogP contribution in [0.25, 0.3) is 5.57 Å². The Hall–Kier alpha value is -1.90. The highest BCUT2D eigenvalue weighted by atomic mass is 16.5. The summed E-state index contributed by atoms with van der Waals surface area (Å²) in [5.74, 6) is 0. The summed E-state index contributed by atoms with van der Waals surface area (Å²) in [4.78, 5) is 0. The van der Waals surface area contributed by atoms with Crippen LogP contribution in [0.15, 0.2) is 60.7 Å². The molecule has 0 aliphatic rings. The summed E-state index contributed by atoms with van der Waals surface area (Å²) in [6.45, 7) is 3.01. The Morgan fingerprint density at radius 2 is 1.80 bits per heavy atom. The van der Waals surface area contributed by atoms with E-state index in [4.69, 9.17) is 9.84 Å². The van der Waals surface area contributed by atoms with E-state index in [1.54, 1.807) is 0 Å². The van der Waals surface area contributed by atoms with Crippen LogP contribution in [0, 0.1) is 6.92 Å². The minimum Gasteiger partial charge on any atom is -0.394 e. The summed E-state index contributed by atoms with van der Waals surface area (Å²) in [5.41, 5.74) is 4.75. The van der Waals surface area contributed by atoms with Gasteiger partial charge in [-0.1, -0.05) is 66.2 Å². The first-order valence-electron chi connectivity index (χ1n) is 6.82. The molecule has 0 aromatic heterocycles. The highest BCUT2D eigenvalue weighted by Gasteiger charge is 2.04. The van der Waals surface area contributed by atoms with Crippen molar-refractivity contribution in [2.24, 2.45) is 0 Å². The second kappa shape index (κ2) is 7.63. The zero-order chi connectivity index (χ0) is 14.2. The van der Waals surface area contributed by atoms with E-state index >= 15 is 0 Å². The molecule has 0 radical (unpaired) electrons. The minimum atomic E-state index is 0.0545. The summed E-state index contributed by atoms with van der Waals surface area (Å²) in [6, 6.07) is 18.7. The fourth-order valence-corrected chi connectivity index (χ4v) is 2.12. The van der Waals surface area contributed by atoms with Crippen LogP contribution in [0.4, 0.5) is 0 Å². The average molecular weight is 268 g/mol. The lowest BCUT2D eigenvalue weighted by Crippen LogP contribution is -2.00. The van der Waals surface area contributed by atoms with E-state index in [1.165, 1.54) is 16.7 Å². The van der Waals surface area contributed by atoms with Gasteiger partial charge in [-0.3, -0.25) is 0 Å². The number of ether oxygens (including phenoxy) is 1. The highest BCUT2D eigenvalue weighted by molar-refractivity contribution is 5.80. The summed E-state index contributed by atoms with van der Waals surface area (Å²) in [5, 5.41) is 8.76. The van der Waals surface area contributed by atoms with Crippen molar-refractivity contribution in [2.75, 3.05) is 19.8 Å². The van der Waals surface area contributed by atoms with Gasteiger partial charge in [-0.2, -0.15) is 0 Å². The van der Waals surface area contributed by atoms with Crippen LogP contribution < -0.4 is 0 Å². The molecule has 104 valence electrons. The molecule has 2 nitrogen and oxygen atoms in total. The maximum atomic E-state index is 8.76. The standard InChI is InChI=1S/C18H20O2/c1-15-6-5-9-17(14-15)18(10-12-20-13-11-19)16-7-3-2-4-8-16/h2-10,14,19H,11-13H2,1H3/b18-10-. The summed E-state index contributed by atoms with van der Waals surface area (Å²) in [7, 11) is 0. The molecule has 0 bridgehead atoms. The Balaban J connectivity index is 2.29. The number of hydrogen-bond donors (Lipinski definition) is 1. The number of rotatable bonds is 6. The summed E-state index contributed by atoms with van der Waals surface area (Å²) >= 11 is 0. The van der Waals surface area contributed by atoms with Crippen molar-refractivity contribution >= 4 is 5.57 Å². The highest BCUT2D eigenvalue weighted by Crippen LogP contribution is 2.23. The second-order valence-electron chi connectivity index (χ2n) is 4.65. The Morgan fingerprint density at radius 3 is 2.50 bits per heavy atom. The van der Waals surface area contributed by atoms with E-state index in [0.29, 0.717) is 13.2 Å². The SMILES string of the molecule is Cc1cccc(/C(=C\COCCO)c2ccccc2)c1. The molecule has 0 atom stereocenters. The third-order valence-electron chi connectivity index (χ3n) is 3.05. The third-order valence-corrected chi connectivity index (χ3v) is 3.05. The monoisotopic (exact) mass is 268 g/mol. The van der Waals surface area contributed by atoms with Crippen LogP contribution in [0.3, 0.4) is 0 Å². The van der Waals surface area contributed by atoms with Gasteiger partial charge in [0.25, 0.3) is 0 Å². The van der Waals surface area contributed by atoms with Gasteiger partial charge in [-0.05, 0) is 23.6 Å². The number of hydrogen-bond acceptors (Lipinski definition) is 2. The molecule has 0 unspecified atom stereocenters. The molecule has 2 aromatic carbocycles. The van der Waals surface area contributed by atoms with E-state index < -0.39 is 0 Å². The molecule has 1 N–H and O–H groups in total. The first-order valence-corrected chi connectivity index (χ1v) is 6.82. The van der Waals surface area contributed by atoms with Gasteiger partial charge < -0.3 is 9.84 Å². The second-order valence-corrected chi connectivity index (χ2v) is 4.65. The zero-order valence-corrected chi connectivity index (χ0v) is 11.8. The average Bonchev–Trinajstić information content (AvgIpc) is 2.48. The van der Waals surface area contributed by atoms with Gasteiger partial charge in [0.05, 0.1) is 19.8 Å². The summed E-state index contributed by atoms with van der Waals surface area (Å²) in [6.07, 6.45) is 2.07. The van der Waals surface area contributed by atoms with Crippen molar-refractivity contribution < 1.29 is 9.84 Å². The Kier molecular flexibility index (Phi) is 5.54. The zero-order valence-electron chi connectivity index (χ0n) is 11.8. The van der Waals surface area contributed by atoms with E-state index in [1.807, 2.05) is 18.2 Å². The molecule has 0 saturated heterocycles. The molecular weight excluding hydrogens is 248 g/mol. The van der Waals surface area contributed by atoms with E-state index in [-0.39, 0.29) is 6.61 Å². The molecule has 2 heteroatoms. The summed E-state index contributed by atoms with van der Waals surface area (Å²) < 4.78 is 5.36. The Morgan fingerprint density at radius 1 is 1.05 bits per heavy atom. The molecule has 0 aliphatic heterocycles. The quantitative estimate of drug-likeness (QED) is 0.813. The van der Waals surface area contributed by atoms with Crippen LogP contribution in [0.2, 0.25) is 0 Å². The lowest BCUT2D eigenvalue weighted by atomic mass is 9.96. The molecule has 2 aromatic rings. The van der Waals surface area contributed by atoms with Crippen LogP contribution >= 0.6 is 0 Å². The van der Waals surface area contributed by atoms with Crippen LogP contribution in [-0.4, -0.2) is 24.9 Å². The van der Waals surface area contributed by atoms with Gasteiger partial charge in [0.1, 0.15) is 0 Å². The number of aliphatic hydroxyl groups is 1. The van der Waals surface area contributed by atoms with Gasteiger partial charge in [-0.25, -0.2) is 0 Å². The van der Waals surface area contributed by atoms with Crippen molar-refractivity contribution in [2.45, 2.75) is 6.92 Å². The fraction of sp³-hybridized carbons (Fsp3) is 0.222. The minimum absolute atomic E-state index is 0.0545. The third kappa shape index (κ3) is 4.05. The molecule has 0 spiro atoms. The Labute approximate surface area is 120 Å². The van der Waals surface area contributed by atoms with Crippen LogP contribution in [0.1, 0.15) is 16.7 Å². The topological polar surface area (TPSA) is 29.5 Å².